The van der Waals surface area contributed by atoms with E-state index >= 15 is 0 Å². The molecule has 0 fully saturated rings. The Hall–Kier alpha value is -3.49. The number of esters is 1. The summed E-state index contributed by atoms with van der Waals surface area (Å²) < 4.78 is 13.5. The molecule has 0 unspecified atom stereocenters. The van der Waals surface area contributed by atoms with E-state index in [1.54, 1.807) is 34.6 Å². The monoisotopic (exact) mass is 382 g/mol. The maximum atomic E-state index is 11.3. The van der Waals surface area contributed by atoms with Gasteiger partial charge in [-0.1, -0.05) is 0 Å². The average molecular weight is 382 g/mol. The largest absolute Gasteiger partial charge is 0.482 e. The van der Waals surface area contributed by atoms with E-state index in [-0.39, 0.29) is 6.61 Å². The maximum Gasteiger partial charge on any atom is 0.344 e. The molecule has 28 heavy (non-hydrogen) atoms. The summed E-state index contributed by atoms with van der Waals surface area (Å²) in [6, 6.07) is 9.18. The van der Waals surface area contributed by atoms with Crippen molar-refractivity contribution in [2.45, 2.75) is 27.7 Å². The predicted octanol–water partition coefficient (Wildman–Crippen LogP) is 2.21. The lowest BCUT2D eigenvalue weighted by atomic mass is 10.2. The fourth-order valence-electron chi connectivity index (χ4n) is 2.56. The molecule has 0 bridgehead atoms. The number of benzene rings is 1. The number of nitrogens with zero attached hydrogens (tertiary/aromatic N) is 6. The Labute approximate surface area is 162 Å². The molecule has 3 aromatic rings. The van der Waals surface area contributed by atoms with Crippen LogP contribution in [0.5, 0.6) is 5.75 Å². The summed E-state index contributed by atoms with van der Waals surface area (Å²) in [5, 5.41) is 17.2. The Morgan fingerprint density at radius 1 is 1.18 bits per heavy atom. The van der Waals surface area contributed by atoms with Crippen molar-refractivity contribution in [1.82, 2.24) is 24.7 Å². The number of carbonyl (C=O) groups is 1. The molecule has 1 aromatic carbocycles. The number of hydrogen-bond acceptors (Lipinski definition) is 7. The molecule has 2 aromatic heterocycles. The van der Waals surface area contributed by atoms with E-state index in [2.05, 4.69) is 20.4 Å². The highest BCUT2D eigenvalue weighted by molar-refractivity contribution is 5.79. The van der Waals surface area contributed by atoms with E-state index in [9.17, 15) is 4.79 Å². The first kappa shape index (κ1) is 19.3. The maximum absolute atomic E-state index is 11.3. The predicted molar refractivity (Wildman–Crippen MR) is 103 cm³/mol. The molecule has 146 valence electrons. The first-order valence-corrected chi connectivity index (χ1v) is 8.86. The van der Waals surface area contributed by atoms with E-state index < -0.39 is 5.97 Å². The second-order valence-corrected chi connectivity index (χ2v) is 6.11. The van der Waals surface area contributed by atoms with Crippen LogP contribution in [0.3, 0.4) is 0 Å². The molecule has 0 atom stereocenters. The standard InChI is InChI=1S/C19H22N6O3/c1-5-27-18(26)12-28-17-8-6-16(7-9-17)11-20-25-15(4)21-22-19(25)24-14(3)10-13(2)23-24/h6-11H,5,12H2,1-4H3/b20-11-. The molecule has 0 amide bonds. The van der Waals surface area contributed by atoms with Crippen molar-refractivity contribution in [3.63, 3.8) is 0 Å². The van der Waals surface area contributed by atoms with Gasteiger partial charge in [-0.3, -0.25) is 0 Å². The average Bonchev–Trinajstić information content (AvgIpc) is 3.20. The van der Waals surface area contributed by atoms with E-state index in [0.29, 0.717) is 24.1 Å². The summed E-state index contributed by atoms with van der Waals surface area (Å²) >= 11 is 0. The quantitative estimate of drug-likeness (QED) is 0.459. The summed E-state index contributed by atoms with van der Waals surface area (Å²) in [6.45, 7) is 7.67. The number of aromatic nitrogens is 5. The van der Waals surface area contributed by atoms with Gasteiger partial charge < -0.3 is 9.47 Å². The van der Waals surface area contributed by atoms with Crippen molar-refractivity contribution in [2.24, 2.45) is 5.10 Å². The summed E-state index contributed by atoms with van der Waals surface area (Å²) in [6.07, 6.45) is 1.70. The van der Waals surface area contributed by atoms with Crippen LogP contribution in [0.1, 0.15) is 29.7 Å². The van der Waals surface area contributed by atoms with Gasteiger partial charge in [0.2, 0.25) is 0 Å². The van der Waals surface area contributed by atoms with Crippen LogP contribution < -0.4 is 4.74 Å². The topological polar surface area (TPSA) is 96.4 Å². The molecule has 0 aliphatic rings. The van der Waals surface area contributed by atoms with Crippen molar-refractivity contribution in [3.8, 4) is 11.7 Å². The minimum Gasteiger partial charge on any atom is -0.482 e. The van der Waals surface area contributed by atoms with Crippen molar-refractivity contribution in [2.75, 3.05) is 13.2 Å². The first-order valence-electron chi connectivity index (χ1n) is 8.86. The minimum atomic E-state index is -0.395. The number of carbonyl (C=O) groups excluding carboxylic acids is 1. The minimum absolute atomic E-state index is 0.118. The summed E-state index contributed by atoms with van der Waals surface area (Å²) in [7, 11) is 0. The molecular weight excluding hydrogens is 360 g/mol. The molecule has 0 saturated heterocycles. The first-order chi connectivity index (χ1) is 13.5. The zero-order valence-electron chi connectivity index (χ0n) is 16.3. The van der Waals surface area contributed by atoms with Crippen LogP contribution in [0.4, 0.5) is 0 Å². The summed E-state index contributed by atoms with van der Waals surface area (Å²) in [4.78, 5) is 11.3. The third-order valence-electron chi connectivity index (χ3n) is 3.84. The number of ether oxygens (including phenoxy) is 2. The van der Waals surface area contributed by atoms with Crippen LogP contribution in [-0.4, -0.2) is 50.1 Å². The molecule has 0 saturated carbocycles. The van der Waals surface area contributed by atoms with Gasteiger partial charge in [0, 0.05) is 5.69 Å². The van der Waals surface area contributed by atoms with E-state index in [1.807, 2.05) is 39.0 Å². The third-order valence-corrected chi connectivity index (χ3v) is 3.84. The second-order valence-electron chi connectivity index (χ2n) is 6.11. The zero-order chi connectivity index (χ0) is 20.1. The van der Waals surface area contributed by atoms with Gasteiger partial charge in [0.1, 0.15) is 5.75 Å². The van der Waals surface area contributed by atoms with Crippen LogP contribution in [0, 0.1) is 20.8 Å². The van der Waals surface area contributed by atoms with Crippen LogP contribution >= 0.6 is 0 Å². The van der Waals surface area contributed by atoms with Gasteiger partial charge in [0.25, 0.3) is 5.95 Å². The fraction of sp³-hybridized carbons (Fsp3) is 0.316. The molecule has 0 aliphatic heterocycles. The summed E-state index contributed by atoms with van der Waals surface area (Å²) in [5.74, 6) is 1.35. The van der Waals surface area contributed by atoms with Gasteiger partial charge in [-0.05, 0) is 63.6 Å². The van der Waals surface area contributed by atoms with Crippen molar-refractivity contribution < 1.29 is 14.3 Å². The highest BCUT2D eigenvalue weighted by Gasteiger charge is 2.13. The van der Waals surface area contributed by atoms with Crippen molar-refractivity contribution in [3.05, 3.63) is 53.1 Å². The summed E-state index contributed by atoms with van der Waals surface area (Å²) in [5.41, 5.74) is 2.70. The molecular formula is C19H22N6O3. The smallest absolute Gasteiger partial charge is 0.344 e. The second kappa shape index (κ2) is 8.47. The number of hydrogen-bond donors (Lipinski definition) is 0. The van der Waals surface area contributed by atoms with Crippen LogP contribution in [0.25, 0.3) is 5.95 Å². The van der Waals surface area contributed by atoms with Gasteiger partial charge >= 0.3 is 5.97 Å². The molecule has 3 rings (SSSR count). The number of aryl methyl sites for hydroxylation is 3. The van der Waals surface area contributed by atoms with Crippen molar-refractivity contribution >= 4 is 12.2 Å². The molecule has 9 heteroatoms. The molecule has 0 radical (unpaired) electrons. The van der Waals surface area contributed by atoms with Gasteiger partial charge in [-0.2, -0.15) is 14.9 Å². The van der Waals surface area contributed by atoms with Crippen molar-refractivity contribution in [1.29, 1.82) is 0 Å². The Kier molecular flexibility index (Phi) is 5.83. The van der Waals surface area contributed by atoms with Crippen LogP contribution in [0.2, 0.25) is 0 Å². The van der Waals surface area contributed by atoms with E-state index in [1.165, 1.54) is 0 Å². The Bertz CT molecular complexity index is 988. The van der Waals surface area contributed by atoms with Gasteiger partial charge in [-0.15, -0.1) is 10.2 Å². The SMILES string of the molecule is CCOC(=O)COc1ccc(/C=N\n2c(C)nnc2-n2nc(C)cc2C)cc1. The zero-order valence-corrected chi connectivity index (χ0v) is 16.3. The molecule has 0 aliphatic carbocycles. The van der Waals surface area contributed by atoms with Gasteiger partial charge in [0.15, 0.2) is 12.4 Å². The lowest BCUT2D eigenvalue weighted by Crippen LogP contribution is -2.14. The Morgan fingerprint density at radius 3 is 2.57 bits per heavy atom. The van der Waals surface area contributed by atoms with Crippen LogP contribution in [0.15, 0.2) is 35.4 Å². The highest BCUT2D eigenvalue weighted by atomic mass is 16.6. The Morgan fingerprint density at radius 2 is 1.93 bits per heavy atom. The molecule has 2 heterocycles. The fourth-order valence-corrected chi connectivity index (χ4v) is 2.56. The van der Waals surface area contributed by atoms with E-state index in [4.69, 9.17) is 9.47 Å². The van der Waals surface area contributed by atoms with Crippen LogP contribution in [-0.2, 0) is 9.53 Å². The lowest BCUT2D eigenvalue weighted by Gasteiger charge is -2.06. The Balaban J connectivity index is 1.73. The highest BCUT2D eigenvalue weighted by Crippen LogP contribution is 2.13. The molecule has 9 nitrogen and oxygen atoms in total. The third kappa shape index (κ3) is 4.43. The normalized spacial score (nSPS) is 11.1. The van der Waals surface area contributed by atoms with Gasteiger partial charge in [0.05, 0.1) is 18.5 Å². The lowest BCUT2D eigenvalue weighted by molar-refractivity contribution is -0.145. The molecule has 0 spiro atoms. The van der Waals surface area contributed by atoms with E-state index in [0.717, 1.165) is 17.0 Å². The van der Waals surface area contributed by atoms with Gasteiger partial charge in [-0.25, -0.2) is 9.48 Å². The number of rotatable bonds is 7. The molecule has 0 N–H and O–H groups in total.